The van der Waals surface area contributed by atoms with Crippen LogP contribution in [0.25, 0.3) is 0 Å². The number of nitrogens with zero attached hydrogens (tertiary/aromatic N) is 5. The van der Waals surface area contributed by atoms with Crippen LogP contribution >= 0.6 is 11.6 Å². The van der Waals surface area contributed by atoms with Crippen LogP contribution in [-0.2, 0) is 0 Å². The molecule has 164 valence electrons. The Morgan fingerprint density at radius 1 is 1.13 bits per heavy atom. The quantitative estimate of drug-likeness (QED) is 0.324. The van der Waals surface area contributed by atoms with Gasteiger partial charge in [0.15, 0.2) is 5.96 Å². The Balaban J connectivity index is 1.13. The zero-order valence-corrected chi connectivity index (χ0v) is 18.9. The van der Waals surface area contributed by atoms with Crippen molar-refractivity contribution in [1.29, 1.82) is 0 Å². The lowest BCUT2D eigenvalue weighted by molar-refractivity contribution is 0.254. The van der Waals surface area contributed by atoms with Crippen molar-refractivity contribution < 1.29 is 0 Å². The third-order valence-corrected chi connectivity index (χ3v) is 6.75. The molecule has 3 aliphatic heterocycles. The van der Waals surface area contributed by atoms with Crippen LogP contribution in [0, 0.1) is 0 Å². The summed E-state index contributed by atoms with van der Waals surface area (Å²) in [6, 6.07) is 8.85. The molecule has 4 rings (SSSR count). The number of guanidine groups is 1. The number of benzene rings is 1. The van der Waals surface area contributed by atoms with Gasteiger partial charge in [-0.25, -0.2) is 0 Å². The van der Waals surface area contributed by atoms with Gasteiger partial charge in [-0.3, -0.25) is 14.8 Å². The average Bonchev–Trinajstić information content (AvgIpc) is 3.46. The molecule has 3 aliphatic rings. The van der Waals surface area contributed by atoms with E-state index in [2.05, 4.69) is 54.2 Å². The Morgan fingerprint density at radius 3 is 2.67 bits per heavy atom. The van der Waals surface area contributed by atoms with E-state index in [-0.39, 0.29) is 0 Å². The molecule has 0 amide bonds. The van der Waals surface area contributed by atoms with Gasteiger partial charge in [0.1, 0.15) is 0 Å². The topological polar surface area (TPSA) is 37.4 Å². The Morgan fingerprint density at radius 2 is 1.93 bits per heavy atom. The summed E-state index contributed by atoms with van der Waals surface area (Å²) in [7, 11) is 1.90. The van der Waals surface area contributed by atoms with E-state index < -0.39 is 0 Å². The average molecular weight is 431 g/mol. The molecule has 6 nitrogen and oxygen atoms in total. The van der Waals surface area contributed by atoms with E-state index >= 15 is 0 Å². The van der Waals surface area contributed by atoms with Gasteiger partial charge in [-0.15, -0.1) is 0 Å². The molecular weight excluding hydrogens is 396 g/mol. The van der Waals surface area contributed by atoms with Crippen molar-refractivity contribution in [3.05, 3.63) is 41.4 Å². The third kappa shape index (κ3) is 5.48. The summed E-state index contributed by atoms with van der Waals surface area (Å²) in [5, 5.41) is 4.41. The first-order valence-corrected chi connectivity index (χ1v) is 11.7. The second-order valence-corrected chi connectivity index (χ2v) is 8.89. The first-order valence-electron chi connectivity index (χ1n) is 11.3. The highest BCUT2D eigenvalue weighted by atomic mass is 35.5. The van der Waals surface area contributed by atoms with Crippen molar-refractivity contribution in [2.75, 3.05) is 77.4 Å². The number of anilines is 1. The van der Waals surface area contributed by atoms with Gasteiger partial charge in [-0.2, -0.15) is 0 Å². The number of nitrogens with one attached hydrogen (secondary N) is 1. The highest BCUT2D eigenvalue weighted by Gasteiger charge is 2.29. The van der Waals surface area contributed by atoms with Gasteiger partial charge in [0.05, 0.1) is 0 Å². The van der Waals surface area contributed by atoms with Crippen molar-refractivity contribution in [3.63, 3.8) is 0 Å². The number of piperazine rings is 1. The minimum Gasteiger partial charge on any atom is -0.369 e. The van der Waals surface area contributed by atoms with Gasteiger partial charge < -0.3 is 15.1 Å². The maximum atomic E-state index is 6.14. The Hall–Kier alpha value is -1.76. The molecule has 0 saturated carbocycles. The van der Waals surface area contributed by atoms with Gasteiger partial charge in [0.2, 0.25) is 0 Å². The van der Waals surface area contributed by atoms with Gasteiger partial charge in [-0.1, -0.05) is 29.8 Å². The number of hydrogen-bond donors (Lipinski definition) is 1. The fourth-order valence-corrected chi connectivity index (χ4v) is 4.95. The summed E-state index contributed by atoms with van der Waals surface area (Å²) >= 11 is 6.14. The molecule has 30 heavy (non-hydrogen) atoms. The molecule has 2 fully saturated rings. The van der Waals surface area contributed by atoms with Crippen molar-refractivity contribution >= 4 is 23.2 Å². The summed E-state index contributed by atoms with van der Waals surface area (Å²) in [5.74, 6) is 1.07. The molecule has 1 N–H and O–H groups in total. The van der Waals surface area contributed by atoms with Crippen LogP contribution in [0.4, 0.5) is 5.69 Å². The van der Waals surface area contributed by atoms with E-state index in [1.54, 1.807) is 0 Å². The largest absolute Gasteiger partial charge is 0.369 e. The van der Waals surface area contributed by atoms with E-state index in [1.807, 2.05) is 19.2 Å². The molecule has 0 radical (unpaired) electrons. The van der Waals surface area contributed by atoms with Gasteiger partial charge in [0, 0.05) is 82.7 Å². The number of hydrogen-bond acceptors (Lipinski definition) is 4. The summed E-state index contributed by atoms with van der Waals surface area (Å²) in [4.78, 5) is 14.5. The van der Waals surface area contributed by atoms with Gasteiger partial charge in [-0.05, 0) is 37.6 Å². The second-order valence-electron chi connectivity index (χ2n) is 8.45. The maximum absolute atomic E-state index is 6.14. The normalized spacial score (nSPS) is 23.5. The van der Waals surface area contributed by atoms with Crippen LogP contribution in [0.2, 0.25) is 5.02 Å². The van der Waals surface area contributed by atoms with E-state index in [9.17, 15) is 0 Å². The molecule has 7 heteroatoms. The van der Waals surface area contributed by atoms with Crippen molar-refractivity contribution in [3.8, 4) is 0 Å². The Bertz CT molecular complexity index is 735. The van der Waals surface area contributed by atoms with E-state index in [0.717, 1.165) is 82.9 Å². The molecule has 2 saturated heterocycles. The minimum atomic E-state index is 0.661. The molecule has 1 unspecified atom stereocenters. The first kappa shape index (κ1) is 21.5. The highest BCUT2D eigenvalue weighted by molar-refractivity contribution is 6.30. The Kier molecular flexibility index (Phi) is 7.52. The lowest BCUT2D eigenvalue weighted by atomic mass is 10.2. The summed E-state index contributed by atoms with van der Waals surface area (Å²) < 4.78 is 0. The van der Waals surface area contributed by atoms with Crippen LogP contribution in [-0.4, -0.2) is 99.2 Å². The highest BCUT2D eigenvalue weighted by Crippen LogP contribution is 2.21. The lowest BCUT2D eigenvalue weighted by Gasteiger charge is -2.36. The van der Waals surface area contributed by atoms with Crippen LogP contribution in [0.3, 0.4) is 0 Å². The molecule has 1 aromatic rings. The fraction of sp³-hybridized carbons (Fsp3) is 0.609. The summed E-state index contributed by atoms with van der Waals surface area (Å²) in [6.07, 6.45) is 6.94. The van der Waals surface area contributed by atoms with Crippen LogP contribution in [0.5, 0.6) is 0 Å². The zero-order valence-electron chi connectivity index (χ0n) is 18.1. The molecule has 0 aliphatic carbocycles. The molecule has 1 atom stereocenters. The van der Waals surface area contributed by atoms with Crippen molar-refractivity contribution in [2.45, 2.75) is 18.9 Å². The van der Waals surface area contributed by atoms with Crippen LogP contribution < -0.4 is 10.2 Å². The van der Waals surface area contributed by atoms with Crippen LogP contribution in [0.1, 0.15) is 12.8 Å². The smallest absolute Gasteiger partial charge is 0.193 e. The van der Waals surface area contributed by atoms with Crippen molar-refractivity contribution in [2.24, 2.45) is 4.99 Å². The summed E-state index contributed by atoms with van der Waals surface area (Å²) in [5.41, 5.74) is 1.24. The zero-order chi connectivity index (χ0) is 20.8. The fourth-order valence-electron chi connectivity index (χ4n) is 4.76. The molecule has 0 aromatic heterocycles. The van der Waals surface area contributed by atoms with E-state index in [4.69, 9.17) is 11.6 Å². The van der Waals surface area contributed by atoms with Gasteiger partial charge >= 0.3 is 0 Å². The molecule has 1 aromatic carbocycles. The third-order valence-electron chi connectivity index (χ3n) is 6.52. The lowest BCUT2D eigenvalue weighted by Crippen LogP contribution is -2.47. The summed E-state index contributed by atoms with van der Waals surface area (Å²) in [6.45, 7) is 10.9. The molecule has 0 spiro atoms. The van der Waals surface area contributed by atoms with E-state index in [0.29, 0.717) is 6.04 Å². The monoisotopic (exact) mass is 430 g/mol. The van der Waals surface area contributed by atoms with Crippen LogP contribution in [0.15, 0.2) is 41.4 Å². The maximum Gasteiger partial charge on any atom is 0.193 e. The van der Waals surface area contributed by atoms with Gasteiger partial charge in [0.25, 0.3) is 0 Å². The number of likely N-dealkylation sites (tertiary alicyclic amines) is 1. The predicted molar refractivity (Wildman–Crippen MR) is 127 cm³/mol. The molecule has 0 bridgehead atoms. The number of aliphatic imine (C=N–C) groups is 1. The predicted octanol–water partition coefficient (Wildman–Crippen LogP) is 2.37. The Labute approximate surface area is 186 Å². The SMILES string of the molecule is CN=C(NCCCN1CCN(c2cccc(Cl)c2)CC1)N1CCC(N2CC=CC2)C1. The number of halogens is 1. The molecular formula is C23H35ClN6. The van der Waals surface area contributed by atoms with Crippen molar-refractivity contribution in [1.82, 2.24) is 20.0 Å². The minimum absolute atomic E-state index is 0.661. The first-order chi connectivity index (χ1) is 14.7. The number of rotatable bonds is 6. The molecule has 3 heterocycles. The standard InChI is InChI=1S/C23H35ClN6/c1-25-23(30-13-8-22(19-30)28-11-2-3-12-28)26-9-5-10-27-14-16-29(17-15-27)21-7-4-6-20(24)18-21/h2-4,6-7,18,22H,5,8-17,19H2,1H3,(H,25,26). The second kappa shape index (κ2) is 10.5. The van der Waals surface area contributed by atoms with E-state index in [1.165, 1.54) is 12.1 Å².